The number of carbonyl (C=O) groups excluding carboxylic acids is 1. The predicted octanol–water partition coefficient (Wildman–Crippen LogP) is 4.24. The van der Waals surface area contributed by atoms with Crippen molar-refractivity contribution in [1.82, 2.24) is 14.8 Å². The van der Waals surface area contributed by atoms with Gasteiger partial charge in [0.25, 0.3) is 0 Å². The van der Waals surface area contributed by atoms with Crippen LogP contribution in [0.2, 0.25) is 0 Å². The van der Waals surface area contributed by atoms with E-state index in [1.54, 1.807) is 11.3 Å². The number of aryl methyl sites for hydroxylation is 2. The lowest BCUT2D eigenvalue weighted by molar-refractivity contribution is -0.131. The largest absolute Gasteiger partial charge is 0.486 e. The number of carbonyl (C=O) groups is 1. The van der Waals surface area contributed by atoms with Crippen molar-refractivity contribution in [2.45, 2.75) is 33.4 Å². The van der Waals surface area contributed by atoms with Gasteiger partial charge in [-0.05, 0) is 42.7 Å². The first-order chi connectivity index (χ1) is 16.6. The summed E-state index contributed by atoms with van der Waals surface area (Å²) in [5.74, 6) is 0.977. The fourth-order valence-corrected chi connectivity index (χ4v) is 4.59. The molecule has 0 aliphatic carbocycles. The SMILES string of the molecule is Cc1ccc(OCc2nc(CN(CCN3CCOCC3)C(=O)Cc3ccccc3)cs2)cc1C. The average molecular weight is 480 g/mol. The molecule has 34 heavy (non-hydrogen) atoms. The lowest BCUT2D eigenvalue weighted by atomic mass is 10.1. The molecule has 4 rings (SSSR count). The van der Waals surface area contributed by atoms with E-state index in [1.165, 1.54) is 11.1 Å². The zero-order valence-corrected chi connectivity index (χ0v) is 20.9. The Morgan fingerprint density at radius 3 is 2.68 bits per heavy atom. The third-order valence-corrected chi connectivity index (χ3v) is 7.00. The number of nitrogens with zero attached hydrogens (tertiary/aromatic N) is 3. The van der Waals surface area contributed by atoms with Crippen LogP contribution in [0.4, 0.5) is 0 Å². The van der Waals surface area contributed by atoms with Gasteiger partial charge in [-0.2, -0.15) is 0 Å². The molecule has 0 atom stereocenters. The number of aromatic nitrogens is 1. The molecule has 180 valence electrons. The van der Waals surface area contributed by atoms with Crippen LogP contribution in [0, 0.1) is 13.8 Å². The first-order valence-corrected chi connectivity index (χ1v) is 12.7. The number of hydrogen-bond donors (Lipinski definition) is 0. The van der Waals surface area contributed by atoms with Gasteiger partial charge in [0.2, 0.25) is 5.91 Å². The average Bonchev–Trinajstić information content (AvgIpc) is 3.31. The van der Waals surface area contributed by atoms with Crippen molar-refractivity contribution in [1.29, 1.82) is 0 Å². The molecule has 1 aromatic heterocycles. The molecule has 2 heterocycles. The number of ether oxygens (including phenoxy) is 2. The maximum Gasteiger partial charge on any atom is 0.227 e. The summed E-state index contributed by atoms with van der Waals surface area (Å²) < 4.78 is 11.4. The molecule has 0 N–H and O–H groups in total. The molecule has 3 aromatic rings. The lowest BCUT2D eigenvalue weighted by Crippen LogP contribution is -2.43. The fraction of sp³-hybridized carbons (Fsp3) is 0.407. The highest BCUT2D eigenvalue weighted by Gasteiger charge is 2.19. The van der Waals surface area contributed by atoms with Crippen LogP contribution in [0.15, 0.2) is 53.9 Å². The summed E-state index contributed by atoms with van der Waals surface area (Å²) in [5.41, 5.74) is 4.41. The van der Waals surface area contributed by atoms with E-state index in [1.807, 2.05) is 46.7 Å². The highest BCUT2D eigenvalue weighted by Crippen LogP contribution is 2.20. The second-order valence-corrected chi connectivity index (χ2v) is 9.64. The Bertz CT molecular complexity index is 1060. The summed E-state index contributed by atoms with van der Waals surface area (Å²) in [5, 5.41) is 2.95. The number of hydrogen-bond acceptors (Lipinski definition) is 6. The monoisotopic (exact) mass is 479 g/mol. The topological polar surface area (TPSA) is 54.9 Å². The number of rotatable bonds is 10. The second kappa shape index (κ2) is 12.1. The van der Waals surface area contributed by atoms with E-state index >= 15 is 0 Å². The smallest absolute Gasteiger partial charge is 0.227 e. The van der Waals surface area contributed by atoms with E-state index in [0.29, 0.717) is 26.1 Å². The van der Waals surface area contributed by atoms with Crippen molar-refractivity contribution in [2.24, 2.45) is 0 Å². The summed E-state index contributed by atoms with van der Waals surface area (Å²) in [7, 11) is 0. The van der Waals surface area contributed by atoms with Crippen molar-refractivity contribution < 1.29 is 14.3 Å². The summed E-state index contributed by atoms with van der Waals surface area (Å²) >= 11 is 1.58. The van der Waals surface area contributed by atoms with Crippen molar-refractivity contribution in [3.63, 3.8) is 0 Å². The Hall–Kier alpha value is -2.74. The second-order valence-electron chi connectivity index (χ2n) is 8.70. The van der Waals surface area contributed by atoms with E-state index in [0.717, 1.165) is 54.9 Å². The van der Waals surface area contributed by atoms with Gasteiger partial charge in [-0.3, -0.25) is 9.69 Å². The minimum absolute atomic E-state index is 0.125. The molecular formula is C27H33N3O3S. The maximum atomic E-state index is 13.2. The van der Waals surface area contributed by atoms with Gasteiger partial charge in [0.1, 0.15) is 17.4 Å². The van der Waals surface area contributed by atoms with Crippen LogP contribution in [0.25, 0.3) is 0 Å². The molecule has 0 saturated carbocycles. The summed E-state index contributed by atoms with van der Waals surface area (Å²) in [6.45, 7) is 9.98. The van der Waals surface area contributed by atoms with Crippen LogP contribution in [0.1, 0.15) is 27.4 Å². The van der Waals surface area contributed by atoms with Gasteiger partial charge >= 0.3 is 0 Å². The molecule has 7 heteroatoms. The van der Waals surface area contributed by atoms with Gasteiger partial charge in [0, 0.05) is 31.6 Å². The molecule has 2 aromatic carbocycles. The van der Waals surface area contributed by atoms with Gasteiger partial charge < -0.3 is 14.4 Å². The number of morpholine rings is 1. The van der Waals surface area contributed by atoms with Crippen LogP contribution < -0.4 is 4.74 Å². The number of amides is 1. The van der Waals surface area contributed by atoms with Gasteiger partial charge in [-0.15, -0.1) is 11.3 Å². The fourth-order valence-electron chi connectivity index (χ4n) is 3.89. The molecule has 6 nitrogen and oxygen atoms in total. The Kier molecular flexibility index (Phi) is 8.68. The Balaban J connectivity index is 1.37. The maximum absolute atomic E-state index is 13.2. The standard InChI is InChI=1S/C27H33N3O3S/c1-21-8-9-25(16-22(21)2)33-19-26-28-24(20-34-26)18-30(11-10-29-12-14-32-15-13-29)27(31)17-23-6-4-3-5-7-23/h3-9,16,20H,10-15,17-19H2,1-2H3. The highest BCUT2D eigenvalue weighted by atomic mass is 32.1. The van der Waals surface area contributed by atoms with Crippen LogP contribution in [0.5, 0.6) is 5.75 Å². The predicted molar refractivity (Wildman–Crippen MR) is 135 cm³/mol. The molecule has 0 radical (unpaired) electrons. The highest BCUT2D eigenvalue weighted by molar-refractivity contribution is 7.09. The Morgan fingerprint density at radius 2 is 1.91 bits per heavy atom. The van der Waals surface area contributed by atoms with E-state index in [2.05, 4.69) is 30.9 Å². The third kappa shape index (κ3) is 7.13. The minimum atomic E-state index is 0.125. The Labute approximate surface area is 206 Å². The van der Waals surface area contributed by atoms with Crippen molar-refractivity contribution in [2.75, 3.05) is 39.4 Å². The molecule has 0 spiro atoms. The minimum Gasteiger partial charge on any atom is -0.486 e. The van der Waals surface area contributed by atoms with Crippen LogP contribution in [-0.4, -0.2) is 60.1 Å². The summed E-state index contributed by atoms with van der Waals surface area (Å²) in [6, 6.07) is 16.0. The van der Waals surface area contributed by atoms with Crippen molar-refractivity contribution in [3.05, 3.63) is 81.3 Å². The quantitative estimate of drug-likeness (QED) is 0.435. The van der Waals surface area contributed by atoms with Gasteiger partial charge in [0.05, 0.1) is 31.9 Å². The molecule has 1 fully saturated rings. The van der Waals surface area contributed by atoms with Gasteiger partial charge in [-0.1, -0.05) is 36.4 Å². The number of thiazole rings is 1. The van der Waals surface area contributed by atoms with Gasteiger partial charge in [-0.25, -0.2) is 4.98 Å². The summed E-state index contributed by atoms with van der Waals surface area (Å²) in [6.07, 6.45) is 0.400. The van der Waals surface area contributed by atoms with E-state index in [9.17, 15) is 4.79 Å². The van der Waals surface area contributed by atoms with E-state index < -0.39 is 0 Å². The lowest BCUT2D eigenvalue weighted by Gasteiger charge is -2.30. The molecule has 1 aliphatic heterocycles. The summed E-state index contributed by atoms with van der Waals surface area (Å²) in [4.78, 5) is 22.2. The van der Waals surface area contributed by atoms with Crippen molar-refractivity contribution in [3.8, 4) is 5.75 Å². The van der Waals surface area contributed by atoms with E-state index in [-0.39, 0.29) is 5.91 Å². The van der Waals surface area contributed by atoms with E-state index in [4.69, 9.17) is 14.5 Å². The van der Waals surface area contributed by atoms with Crippen molar-refractivity contribution >= 4 is 17.2 Å². The van der Waals surface area contributed by atoms with Crippen LogP contribution >= 0.6 is 11.3 Å². The molecule has 1 aliphatic rings. The zero-order valence-electron chi connectivity index (χ0n) is 20.0. The molecule has 0 unspecified atom stereocenters. The van der Waals surface area contributed by atoms with Gasteiger partial charge in [0.15, 0.2) is 0 Å². The molecule has 1 amide bonds. The molecular weight excluding hydrogens is 446 g/mol. The first-order valence-electron chi connectivity index (χ1n) is 11.8. The van der Waals surface area contributed by atoms with Crippen LogP contribution in [-0.2, 0) is 29.1 Å². The first kappa shape index (κ1) is 24.4. The zero-order chi connectivity index (χ0) is 23.8. The third-order valence-electron chi connectivity index (χ3n) is 6.13. The van der Waals surface area contributed by atoms with Crippen LogP contribution in [0.3, 0.4) is 0 Å². The molecule has 1 saturated heterocycles. The Morgan fingerprint density at radius 1 is 1.12 bits per heavy atom. The normalized spacial score (nSPS) is 14.2. The molecule has 0 bridgehead atoms. The number of benzene rings is 2.